The van der Waals surface area contributed by atoms with Crippen LogP contribution in [0.15, 0.2) is 66.7 Å². The molecule has 0 aromatic heterocycles. The Hall–Kier alpha value is -2.28. The number of anilines is 2. The summed E-state index contributed by atoms with van der Waals surface area (Å²) in [6, 6.07) is 25.2. The lowest BCUT2D eigenvalue weighted by Gasteiger charge is -2.36. The number of rotatable bonds is 1. The molecule has 1 heteroatoms. The molecule has 120 valence electrons. The molecule has 0 amide bonds. The van der Waals surface area contributed by atoms with Gasteiger partial charge in [-0.2, -0.15) is 0 Å². The van der Waals surface area contributed by atoms with Gasteiger partial charge in [-0.3, -0.25) is 0 Å². The molecule has 3 unspecified atom stereocenters. The highest BCUT2D eigenvalue weighted by atomic mass is 15.2. The van der Waals surface area contributed by atoms with Crippen molar-refractivity contribution in [1.29, 1.82) is 0 Å². The van der Waals surface area contributed by atoms with E-state index >= 15 is 0 Å². The first-order valence-corrected chi connectivity index (χ1v) is 9.19. The lowest BCUT2D eigenvalue weighted by atomic mass is 9.77. The van der Waals surface area contributed by atoms with Gasteiger partial charge in [0.1, 0.15) is 0 Å². The minimum Gasteiger partial charge on any atom is -0.337 e. The summed E-state index contributed by atoms with van der Waals surface area (Å²) < 4.78 is 0. The van der Waals surface area contributed by atoms with E-state index in [1.165, 1.54) is 41.4 Å². The van der Waals surface area contributed by atoms with Gasteiger partial charge < -0.3 is 4.90 Å². The lowest BCUT2D eigenvalue weighted by Crippen LogP contribution is -2.34. The fourth-order valence-corrected chi connectivity index (χ4v) is 4.93. The summed E-state index contributed by atoms with van der Waals surface area (Å²) in [5.74, 6) is 1.52. The summed E-state index contributed by atoms with van der Waals surface area (Å²) in [5, 5.41) is 2.70. The minimum absolute atomic E-state index is 0.615. The Kier molecular flexibility index (Phi) is 3.16. The van der Waals surface area contributed by atoms with Crippen molar-refractivity contribution in [3.05, 3.63) is 72.3 Å². The lowest BCUT2D eigenvalue weighted by molar-refractivity contribution is 0.318. The van der Waals surface area contributed by atoms with Crippen LogP contribution in [-0.4, -0.2) is 6.04 Å². The molecule has 0 spiro atoms. The van der Waals surface area contributed by atoms with Crippen LogP contribution in [0.25, 0.3) is 10.8 Å². The van der Waals surface area contributed by atoms with Gasteiger partial charge in [-0.15, -0.1) is 0 Å². The molecule has 3 aromatic carbocycles. The Morgan fingerprint density at radius 1 is 0.792 bits per heavy atom. The van der Waals surface area contributed by atoms with E-state index in [1.807, 2.05) is 0 Å². The Morgan fingerprint density at radius 3 is 2.50 bits per heavy atom. The van der Waals surface area contributed by atoms with Gasteiger partial charge in [0.05, 0.1) is 0 Å². The van der Waals surface area contributed by atoms with Crippen molar-refractivity contribution in [1.82, 2.24) is 0 Å². The first kappa shape index (κ1) is 14.1. The predicted octanol–water partition coefficient (Wildman–Crippen LogP) is 6.26. The average molecular weight is 313 g/mol. The van der Waals surface area contributed by atoms with Crippen molar-refractivity contribution in [2.75, 3.05) is 4.90 Å². The smallest absolute Gasteiger partial charge is 0.0493 e. The number of hydrogen-bond acceptors (Lipinski definition) is 1. The van der Waals surface area contributed by atoms with Gasteiger partial charge in [0.2, 0.25) is 0 Å². The molecule has 1 heterocycles. The van der Waals surface area contributed by atoms with Crippen LogP contribution in [0.2, 0.25) is 0 Å². The topological polar surface area (TPSA) is 3.24 Å². The number of hydrogen-bond donors (Lipinski definition) is 0. The van der Waals surface area contributed by atoms with E-state index in [0.717, 1.165) is 5.92 Å². The van der Waals surface area contributed by atoms with E-state index in [9.17, 15) is 0 Å². The number of para-hydroxylation sites is 1. The molecule has 1 saturated carbocycles. The molecular weight excluding hydrogens is 290 g/mol. The monoisotopic (exact) mass is 313 g/mol. The van der Waals surface area contributed by atoms with Gasteiger partial charge in [0.15, 0.2) is 0 Å². The van der Waals surface area contributed by atoms with Crippen molar-refractivity contribution in [3.63, 3.8) is 0 Å². The standard InChI is InChI=1S/C23H23N/c1-16-13-14-23-20(15-16)19-10-4-5-11-22(19)24(23)21-12-6-8-17-7-2-3-9-18(17)21/h2-12,16,20,23H,13-15H2,1H3. The molecular formula is C23H23N. The fraction of sp³-hybridized carbons (Fsp3) is 0.304. The van der Waals surface area contributed by atoms with Gasteiger partial charge in [-0.1, -0.05) is 61.5 Å². The molecule has 24 heavy (non-hydrogen) atoms. The highest BCUT2D eigenvalue weighted by Crippen LogP contribution is 2.52. The first-order chi connectivity index (χ1) is 11.8. The first-order valence-electron chi connectivity index (χ1n) is 9.19. The van der Waals surface area contributed by atoms with E-state index in [-0.39, 0.29) is 0 Å². The highest BCUT2D eigenvalue weighted by Gasteiger charge is 2.42. The molecule has 1 fully saturated rings. The SMILES string of the molecule is CC1CCC2C(C1)c1ccccc1N2c1cccc2ccccc12. The van der Waals surface area contributed by atoms with Crippen LogP contribution in [0.1, 0.15) is 37.7 Å². The molecule has 2 aliphatic rings. The molecule has 5 rings (SSSR count). The van der Waals surface area contributed by atoms with Gasteiger partial charge in [0.25, 0.3) is 0 Å². The maximum Gasteiger partial charge on any atom is 0.0493 e. The fourth-order valence-electron chi connectivity index (χ4n) is 4.93. The van der Waals surface area contributed by atoms with Crippen LogP contribution in [-0.2, 0) is 0 Å². The zero-order valence-corrected chi connectivity index (χ0v) is 14.2. The van der Waals surface area contributed by atoms with Gasteiger partial charge in [-0.05, 0) is 48.3 Å². The second kappa shape index (κ2) is 5.37. The van der Waals surface area contributed by atoms with E-state index in [0.29, 0.717) is 12.0 Å². The highest BCUT2D eigenvalue weighted by molar-refractivity contribution is 5.97. The summed E-state index contributed by atoms with van der Waals surface area (Å²) >= 11 is 0. The molecule has 0 N–H and O–H groups in total. The van der Waals surface area contributed by atoms with Crippen LogP contribution in [0.4, 0.5) is 11.4 Å². The van der Waals surface area contributed by atoms with Gasteiger partial charge in [0, 0.05) is 28.7 Å². The summed E-state index contributed by atoms with van der Waals surface area (Å²) in [5.41, 5.74) is 4.36. The van der Waals surface area contributed by atoms with Crippen LogP contribution < -0.4 is 4.90 Å². The average Bonchev–Trinajstić information content (AvgIpc) is 2.95. The van der Waals surface area contributed by atoms with Crippen LogP contribution in [0.5, 0.6) is 0 Å². The Balaban J connectivity index is 1.72. The van der Waals surface area contributed by atoms with Crippen LogP contribution in [0.3, 0.4) is 0 Å². The van der Waals surface area contributed by atoms with E-state index in [2.05, 4.69) is 78.6 Å². The third kappa shape index (κ3) is 2.00. The molecule has 1 nitrogen and oxygen atoms in total. The van der Waals surface area contributed by atoms with Gasteiger partial charge in [-0.25, -0.2) is 0 Å². The van der Waals surface area contributed by atoms with Crippen molar-refractivity contribution in [3.8, 4) is 0 Å². The maximum atomic E-state index is 2.65. The predicted molar refractivity (Wildman–Crippen MR) is 102 cm³/mol. The summed E-state index contributed by atoms with van der Waals surface area (Å²) in [4.78, 5) is 2.65. The molecule has 0 saturated heterocycles. The minimum atomic E-state index is 0.615. The van der Waals surface area contributed by atoms with Crippen molar-refractivity contribution in [2.24, 2.45) is 5.92 Å². The second-order valence-electron chi connectivity index (χ2n) is 7.52. The molecule has 3 aromatic rings. The third-order valence-corrected chi connectivity index (χ3v) is 6.03. The summed E-state index contributed by atoms with van der Waals surface area (Å²) in [6.45, 7) is 2.42. The Morgan fingerprint density at radius 2 is 1.54 bits per heavy atom. The van der Waals surface area contributed by atoms with Crippen molar-refractivity contribution in [2.45, 2.75) is 38.1 Å². The molecule has 3 atom stereocenters. The zero-order chi connectivity index (χ0) is 16.1. The summed E-state index contributed by atoms with van der Waals surface area (Å²) in [6.07, 6.45) is 3.96. The number of benzene rings is 3. The number of fused-ring (bicyclic) bond motifs is 4. The van der Waals surface area contributed by atoms with E-state index < -0.39 is 0 Å². The van der Waals surface area contributed by atoms with Crippen LogP contribution >= 0.6 is 0 Å². The Bertz CT molecular complexity index is 892. The normalized spacial score (nSPS) is 25.5. The van der Waals surface area contributed by atoms with E-state index in [4.69, 9.17) is 0 Å². The third-order valence-electron chi connectivity index (χ3n) is 6.03. The van der Waals surface area contributed by atoms with Crippen molar-refractivity contribution >= 4 is 22.1 Å². The second-order valence-corrected chi connectivity index (χ2v) is 7.52. The number of nitrogens with zero attached hydrogens (tertiary/aromatic N) is 1. The molecule has 1 aliphatic heterocycles. The Labute approximate surface area is 143 Å². The van der Waals surface area contributed by atoms with Crippen LogP contribution in [0, 0.1) is 5.92 Å². The maximum absolute atomic E-state index is 2.65. The quantitative estimate of drug-likeness (QED) is 0.512. The molecule has 0 bridgehead atoms. The molecule has 0 radical (unpaired) electrons. The zero-order valence-electron chi connectivity index (χ0n) is 14.2. The van der Waals surface area contributed by atoms with Crippen molar-refractivity contribution < 1.29 is 0 Å². The largest absolute Gasteiger partial charge is 0.337 e. The summed E-state index contributed by atoms with van der Waals surface area (Å²) in [7, 11) is 0. The van der Waals surface area contributed by atoms with Gasteiger partial charge >= 0.3 is 0 Å². The van der Waals surface area contributed by atoms with E-state index in [1.54, 1.807) is 5.56 Å². The molecule has 1 aliphatic carbocycles.